The van der Waals surface area contributed by atoms with E-state index in [0.29, 0.717) is 5.92 Å². The number of piperidine rings is 1. The topological polar surface area (TPSA) is 46.3 Å². The van der Waals surface area contributed by atoms with Crippen molar-refractivity contribution >= 4 is 5.91 Å². The van der Waals surface area contributed by atoms with Crippen molar-refractivity contribution in [1.82, 2.24) is 4.90 Å². The van der Waals surface area contributed by atoms with Crippen molar-refractivity contribution in [3.63, 3.8) is 0 Å². The number of rotatable bonds is 3. The van der Waals surface area contributed by atoms with Crippen molar-refractivity contribution in [2.45, 2.75) is 33.1 Å². The molecule has 3 nitrogen and oxygen atoms in total. The van der Waals surface area contributed by atoms with Gasteiger partial charge in [0, 0.05) is 18.7 Å². The van der Waals surface area contributed by atoms with Crippen molar-refractivity contribution < 1.29 is 4.79 Å². The van der Waals surface area contributed by atoms with Crippen LogP contribution in [0.25, 0.3) is 0 Å². The molecular formula is C16H24N2O. The fraction of sp³-hybridized carbons (Fsp3) is 0.562. The minimum Gasteiger partial charge on any atom is -0.338 e. The van der Waals surface area contributed by atoms with Gasteiger partial charge in [0.15, 0.2) is 0 Å². The Hall–Kier alpha value is -1.35. The second-order valence-electron chi connectivity index (χ2n) is 5.58. The summed E-state index contributed by atoms with van der Waals surface area (Å²) in [5, 5.41) is 0. The van der Waals surface area contributed by atoms with Crippen LogP contribution >= 0.6 is 0 Å². The van der Waals surface area contributed by atoms with Gasteiger partial charge in [-0.15, -0.1) is 0 Å². The molecule has 2 N–H and O–H groups in total. The lowest BCUT2D eigenvalue weighted by Crippen LogP contribution is -2.40. The summed E-state index contributed by atoms with van der Waals surface area (Å²) in [5.74, 6) is 0.760. The molecule has 1 heterocycles. The second-order valence-corrected chi connectivity index (χ2v) is 5.58. The highest BCUT2D eigenvalue weighted by Gasteiger charge is 2.24. The van der Waals surface area contributed by atoms with Gasteiger partial charge < -0.3 is 10.6 Å². The molecule has 0 radical (unpaired) electrons. The van der Waals surface area contributed by atoms with Gasteiger partial charge in [0.2, 0.25) is 0 Å². The van der Waals surface area contributed by atoms with Crippen LogP contribution in [-0.4, -0.2) is 30.4 Å². The van der Waals surface area contributed by atoms with Crippen LogP contribution in [0.4, 0.5) is 0 Å². The third kappa shape index (κ3) is 3.16. The van der Waals surface area contributed by atoms with Gasteiger partial charge in [-0.05, 0) is 62.8 Å². The van der Waals surface area contributed by atoms with Crippen LogP contribution in [0.3, 0.4) is 0 Å². The zero-order chi connectivity index (χ0) is 13.8. The Bertz CT molecular complexity index is 454. The molecule has 2 rings (SSSR count). The lowest BCUT2D eigenvalue weighted by molar-refractivity contribution is 0.0668. The highest BCUT2D eigenvalue weighted by Crippen LogP contribution is 2.22. The Morgan fingerprint density at radius 1 is 1.42 bits per heavy atom. The van der Waals surface area contributed by atoms with Crippen LogP contribution in [0, 0.1) is 19.8 Å². The Balaban J connectivity index is 2.12. The van der Waals surface area contributed by atoms with E-state index in [1.165, 1.54) is 12.0 Å². The molecule has 1 aromatic carbocycles. The van der Waals surface area contributed by atoms with Crippen molar-refractivity contribution in [3.05, 3.63) is 34.9 Å². The van der Waals surface area contributed by atoms with E-state index in [1.807, 2.05) is 24.0 Å². The number of nitrogens with zero attached hydrogens (tertiary/aromatic N) is 1. The fourth-order valence-corrected chi connectivity index (χ4v) is 2.87. The number of hydrogen-bond donors (Lipinski definition) is 1. The predicted octanol–water partition coefficient (Wildman–Crippen LogP) is 2.50. The van der Waals surface area contributed by atoms with Crippen LogP contribution < -0.4 is 5.73 Å². The van der Waals surface area contributed by atoms with Crippen molar-refractivity contribution in [2.75, 3.05) is 19.6 Å². The summed E-state index contributed by atoms with van der Waals surface area (Å²) in [6, 6.07) is 5.97. The lowest BCUT2D eigenvalue weighted by atomic mass is 9.93. The molecule has 1 unspecified atom stereocenters. The molecular weight excluding hydrogens is 236 g/mol. The summed E-state index contributed by atoms with van der Waals surface area (Å²) in [7, 11) is 0. The monoisotopic (exact) mass is 260 g/mol. The van der Waals surface area contributed by atoms with Crippen LogP contribution in [0.15, 0.2) is 18.2 Å². The van der Waals surface area contributed by atoms with E-state index in [-0.39, 0.29) is 5.91 Å². The Morgan fingerprint density at radius 2 is 2.21 bits per heavy atom. The molecule has 3 heteroatoms. The first-order chi connectivity index (χ1) is 9.13. The van der Waals surface area contributed by atoms with Gasteiger partial charge in [-0.1, -0.05) is 12.1 Å². The van der Waals surface area contributed by atoms with Gasteiger partial charge in [0.25, 0.3) is 5.91 Å². The molecule has 1 saturated heterocycles. The first kappa shape index (κ1) is 14.1. The SMILES string of the molecule is Cc1cccc(C(=O)N2CCCC(CCN)C2)c1C. The normalized spacial score (nSPS) is 19.5. The standard InChI is InChI=1S/C16H24N2O/c1-12-5-3-7-15(13(12)2)16(19)18-10-4-6-14(11-18)8-9-17/h3,5,7,14H,4,6,8-11,17H2,1-2H3. The van der Waals surface area contributed by atoms with Crippen molar-refractivity contribution in [3.8, 4) is 0 Å². The van der Waals surface area contributed by atoms with Gasteiger partial charge in [-0.2, -0.15) is 0 Å². The summed E-state index contributed by atoms with van der Waals surface area (Å²) in [5.41, 5.74) is 8.77. The number of aryl methyl sites for hydroxylation is 1. The molecule has 1 amide bonds. The van der Waals surface area contributed by atoms with E-state index in [4.69, 9.17) is 5.73 Å². The third-order valence-corrected chi connectivity index (χ3v) is 4.22. The maximum atomic E-state index is 12.6. The maximum Gasteiger partial charge on any atom is 0.254 e. The molecule has 1 aromatic rings. The third-order valence-electron chi connectivity index (χ3n) is 4.22. The zero-order valence-corrected chi connectivity index (χ0v) is 12.0. The predicted molar refractivity (Wildman–Crippen MR) is 78.2 cm³/mol. The van der Waals surface area contributed by atoms with E-state index in [1.54, 1.807) is 0 Å². The molecule has 104 valence electrons. The number of nitrogens with two attached hydrogens (primary N) is 1. The summed E-state index contributed by atoms with van der Waals surface area (Å²) in [6.07, 6.45) is 3.33. The molecule has 19 heavy (non-hydrogen) atoms. The summed E-state index contributed by atoms with van der Waals surface area (Å²) < 4.78 is 0. The van der Waals surface area contributed by atoms with Gasteiger partial charge >= 0.3 is 0 Å². The van der Waals surface area contributed by atoms with Crippen molar-refractivity contribution in [2.24, 2.45) is 11.7 Å². The number of hydrogen-bond acceptors (Lipinski definition) is 2. The van der Waals surface area contributed by atoms with Gasteiger partial charge in [-0.25, -0.2) is 0 Å². The maximum absolute atomic E-state index is 12.6. The highest BCUT2D eigenvalue weighted by molar-refractivity contribution is 5.96. The Morgan fingerprint density at radius 3 is 2.95 bits per heavy atom. The Kier molecular flexibility index (Phi) is 4.59. The Labute approximate surface area is 115 Å². The molecule has 0 saturated carbocycles. The average molecular weight is 260 g/mol. The second kappa shape index (κ2) is 6.20. The van der Waals surface area contributed by atoms with Gasteiger partial charge in [0.1, 0.15) is 0 Å². The summed E-state index contributed by atoms with van der Waals surface area (Å²) >= 11 is 0. The molecule has 0 bridgehead atoms. The molecule has 1 atom stereocenters. The van der Waals surface area contributed by atoms with E-state index in [2.05, 4.69) is 13.0 Å². The molecule has 0 spiro atoms. The fourth-order valence-electron chi connectivity index (χ4n) is 2.87. The van der Waals surface area contributed by atoms with Crippen LogP contribution in [0.2, 0.25) is 0 Å². The smallest absolute Gasteiger partial charge is 0.254 e. The minimum atomic E-state index is 0.183. The first-order valence-electron chi connectivity index (χ1n) is 7.19. The number of benzene rings is 1. The summed E-state index contributed by atoms with van der Waals surface area (Å²) in [4.78, 5) is 14.6. The highest BCUT2D eigenvalue weighted by atomic mass is 16.2. The molecule has 0 aromatic heterocycles. The van der Waals surface area contributed by atoms with Crippen LogP contribution in [0.5, 0.6) is 0 Å². The van der Waals surface area contributed by atoms with E-state index < -0.39 is 0 Å². The van der Waals surface area contributed by atoms with Gasteiger partial charge in [0.05, 0.1) is 0 Å². The van der Waals surface area contributed by atoms with E-state index in [9.17, 15) is 4.79 Å². The number of carbonyl (C=O) groups is 1. The largest absolute Gasteiger partial charge is 0.338 e. The molecule has 0 aliphatic carbocycles. The van der Waals surface area contributed by atoms with Crippen molar-refractivity contribution in [1.29, 1.82) is 0 Å². The number of likely N-dealkylation sites (tertiary alicyclic amines) is 1. The minimum absolute atomic E-state index is 0.183. The average Bonchev–Trinajstić information content (AvgIpc) is 2.42. The molecule has 1 aliphatic rings. The van der Waals surface area contributed by atoms with Gasteiger partial charge in [-0.3, -0.25) is 4.79 Å². The van der Waals surface area contributed by atoms with Crippen LogP contribution in [-0.2, 0) is 0 Å². The number of amides is 1. The molecule has 1 aliphatic heterocycles. The summed E-state index contributed by atoms with van der Waals surface area (Å²) in [6.45, 7) is 6.55. The lowest BCUT2D eigenvalue weighted by Gasteiger charge is -2.33. The number of carbonyl (C=O) groups excluding carboxylic acids is 1. The quantitative estimate of drug-likeness (QED) is 0.907. The van der Waals surface area contributed by atoms with E-state index in [0.717, 1.165) is 43.6 Å². The van der Waals surface area contributed by atoms with Crippen LogP contribution in [0.1, 0.15) is 40.7 Å². The first-order valence-corrected chi connectivity index (χ1v) is 7.19. The molecule has 1 fully saturated rings. The zero-order valence-electron chi connectivity index (χ0n) is 12.0. The van der Waals surface area contributed by atoms with E-state index >= 15 is 0 Å².